The Morgan fingerprint density at radius 3 is 3.00 bits per heavy atom. The summed E-state index contributed by atoms with van der Waals surface area (Å²) in [6.45, 7) is 3.02. The van der Waals surface area contributed by atoms with Crippen molar-refractivity contribution in [2.24, 2.45) is 0 Å². The first-order valence-corrected chi connectivity index (χ1v) is 4.77. The minimum absolute atomic E-state index is 0.214. The number of aromatic nitrogens is 2. The molecule has 5 heteroatoms. The van der Waals surface area contributed by atoms with E-state index in [-0.39, 0.29) is 6.61 Å². The molecule has 68 valence electrons. The van der Waals surface area contributed by atoms with E-state index in [4.69, 9.17) is 5.11 Å². The van der Waals surface area contributed by atoms with E-state index >= 15 is 0 Å². The number of hydrogen-bond acceptors (Lipinski definition) is 5. The lowest BCUT2D eigenvalue weighted by atomic mass is 10.3. The number of aliphatic hydroxyl groups is 1. The molecule has 0 spiro atoms. The molecular weight excluding hydrogens is 174 g/mol. The SMILES string of the molecule is CCc1nsnc1NCCCO. The van der Waals surface area contributed by atoms with Crippen LogP contribution in [0.1, 0.15) is 19.0 Å². The number of rotatable bonds is 5. The molecule has 0 saturated carbocycles. The molecule has 2 N–H and O–H groups in total. The highest BCUT2D eigenvalue weighted by atomic mass is 32.1. The van der Waals surface area contributed by atoms with Crippen LogP contribution in [0.15, 0.2) is 0 Å². The molecule has 12 heavy (non-hydrogen) atoms. The van der Waals surface area contributed by atoms with Gasteiger partial charge in [-0.3, -0.25) is 0 Å². The van der Waals surface area contributed by atoms with Crippen molar-refractivity contribution in [3.63, 3.8) is 0 Å². The molecule has 0 aliphatic heterocycles. The Hall–Kier alpha value is -0.680. The molecule has 0 bridgehead atoms. The number of nitrogens with one attached hydrogen (secondary N) is 1. The van der Waals surface area contributed by atoms with Gasteiger partial charge in [-0.1, -0.05) is 6.92 Å². The van der Waals surface area contributed by atoms with Gasteiger partial charge in [-0.15, -0.1) is 0 Å². The zero-order valence-corrected chi connectivity index (χ0v) is 7.89. The van der Waals surface area contributed by atoms with Crippen LogP contribution in [0.5, 0.6) is 0 Å². The molecule has 0 unspecified atom stereocenters. The van der Waals surface area contributed by atoms with Gasteiger partial charge in [0.1, 0.15) is 0 Å². The third-order valence-electron chi connectivity index (χ3n) is 1.52. The lowest BCUT2D eigenvalue weighted by Gasteiger charge is -2.01. The van der Waals surface area contributed by atoms with Crippen LogP contribution < -0.4 is 5.32 Å². The maximum absolute atomic E-state index is 8.55. The number of aliphatic hydroxyl groups excluding tert-OH is 1. The van der Waals surface area contributed by atoms with Crippen molar-refractivity contribution in [2.75, 3.05) is 18.5 Å². The Morgan fingerprint density at radius 2 is 2.33 bits per heavy atom. The number of nitrogens with zero attached hydrogens (tertiary/aromatic N) is 2. The number of aryl methyl sites for hydroxylation is 1. The van der Waals surface area contributed by atoms with E-state index in [9.17, 15) is 0 Å². The monoisotopic (exact) mass is 187 g/mol. The minimum Gasteiger partial charge on any atom is -0.396 e. The fourth-order valence-electron chi connectivity index (χ4n) is 0.859. The van der Waals surface area contributed by atoms with E-state index in [0.717, 1.165) is 30.9 Å². The highest BCUT2D eigenvalue weighted by molar-refractivity contribution is 6.99. The average molecular weight is 187 g/mol. The van der Waals surface area contributed by atoms with Gasteiger partial charge in [-0.2, -0.15) is 8.75 Å². The molecule has 4 nitrogen and oxygen atoms in total. The Bertz CT molecular complexity index is 226. The van der Waals surface area contributed by atoms with Crippen molar-refractivity contribution < 1.29 is 5.11 Å². The first kappa shape index (κ1) is 9.41. The quantitative estimate of drug-likeness (QED) is 0.672. The molecule has 1 heterocycles. The highest BCUT2D eigenvalue weighted by Crippen LogP contribution is 2.11. The Kier molecular flexibility index (Phi) is 3.96. The van der Waals surface area contributed by atoms with Crippen LogP contribution in [0.2, 0.25) is 0 Å². The first-order valence-electron chi connectivity index (χ1n) is 4.04. The number of hydrogen-bond donors (Lipinski definition) is 2. The largest absolute Gasteiger partial charge is 0.396 e. The Morgan fingerprint density at radius 1 is 1.50 bits per heavy atom. The van der Waals surface area contributed by atoms with Crippen molar-refractivity contribution >= 4 is 17.5 Å². The predicted molar refractivity (Wildman–Crippen MR) is 49.5 cm³/mol. The fourth-order valence-corrected chi connectivity index (χ4v) is 1.47. The van der Waals surface area contributed by atoms with Gasteiger partial charge in [-0.05, 0) is 12.8 Å². The summed E-state index contributed by atoms with van der Waals surface area (Å²) in [7, 11) is 0. The molecule has 0 radical (unpaired) electrons. The molecule has 0 atom stereocenters. The van der Waals surface area contributed by atoms with E-state index in [0.29, 0.717) is 0 Å². The van der Waals surface area contributed by atoms with Gasteiger partial charge >= 0.3 is 0 Å². The molecule has 0 amide bonds. The van der Waals surface area contributed by atoms with Gasteiger partial charge in [0.2, 0.25) is 0 Å². The molecule has 0 aliphatic carbocycles. The van der Waals surface area contributed by atoms with Crippen LogP contribution in [0.3, 0.4) is 0 Å². The third kappa shape index (κ3) is 2.42. The summed E-state index contributed by atoms with van der Waals surface area (Å²) in [4.78, 5) is 0. The zero-order chi connectivity index (χ0) is 8.81. The standard InChI is InChI=1S/C7H13N3OS/c1-2-6-7(10-12-9-6)8-4-3-5-11/h11H,2-5H2,1H3,(H,8,10). The average Bonchev–Trinajstić information content (AvgIpc) is 2.52. The molecular formula is C7H13N3OS. The summed E-state index contributed by atoms with van der Waals surface area (Å²) in [5.41, 5.74) is 1.01. The molecule has 0 saturated heterocycles. The highest BCUT2D eigenvalue weighted by Gasteiger charge is 2.03. The van der Waals surface area contributed by atoms with Gasteiger partial charge in [0.05, 0.1) is 17.4 Å². The summed E-state index contributed by atoms with van der Waals surface area (Å²) in [6.07, 6.45) is 1.65. The molecule has 1 aromatic rings. The van der Waals surface area contributed by atoms with Crippen LogP contribution >= 0.6 is 11.7 Å². The van der Waals surface area contributed by atoms with Crippen molar-refractivity contribution in [3.05, 3.63) is 5.69 Å². The summed E-state index contributed by atoms with van der Waals surface area (Å²) in [5.74, 6) is 0.871. The summed E-state index contributed by atoms with van der Waals surface area (Å²) in [5, 5.41) is 11.7. The topological polar surface area (TPSA) is 58.0 Å². The fraction of sp³-hybridized carbons (Fsp3) is 0.714. The van der Waals surface area contributed by atoms with Crippen LogP contribution in [-0.2, 0) is 6.42 Å². The van der Waals surface area contributed by atoms with Crippen molar-refractivity contribution in [2.45, 2.75) is 19.8 Å². The lowest BCUT2D eigenvalue weighted by Crippen LogP contribution is -2.05. The van der Waals surface area contributed by atoms with E-state index in [1.165, 1.54) is 11.7 Å². The molecule has 0 fully saturated rings. The van der Waals surface area contributed by atoms with E-state index in [1.54, 1.807) is 0 Å². The molecule has 1 aromatic heterocycles. The smallest absolute Gasteiger partial charge is 0.163 e. The second-order valence-corrected chi connectivity index (χ2v) is 2.95. The van der Waals surface area contributed by atoms with E-state index < -0.39 is 0 Å². The van der Waals surface area contributed by atoms with Crippen molar-refractivity contribution in [3.8, 4) is 0 Å². The Labute approximate surface area is 76.0 Å². The zero-order valence-electron chi connectivity index (χ0n) is 7.08. The maximum Gasteiger partial charge on any atom is 0.163 e. The van der Waals surface area contributed by atoms with Gasteiger partial charge < -0.3 is 10.4 Å². The van der Waals surface area contributed by atoms with Gasteiger partial charge in [0, 0.05) is 13.2 Å². The third-order valence-corrected chi connectivity index (χ3v) is 2.08. The number of anilines is 1. The van der Waals surface area contributed by atoms with E-state index in [1.807, 2.05) is 6.92 Å². The predicted octanol–water partition coefficient (Wildman–Crippen LogP) is 0.895. The summed E-state index contributed by atoms with van der Waals surface area (Å²) < 4.78 is 8.22. The van der Waals surface area contributed by atoms with Crippen LogP contribution in [0, 0.1) is 0 Å². The van der Waals surface area contributed by atoms with Gasteiger partial charge in [0.25, 0.3) is 0 Å². The van der Waals surface area contributed by atoms with Gasteiger partial charge in [0.15, 0.2) is 5.82 Å². The minimum atomic E-state index is 0.214. The van der Waals surface area contributed by atoms with Crippen LogP contribution in [0.4, 0.5) is 5.82 Å². The van der Waals surface area contributed by atoms with Crippen LogP contribution in [0.25, 0.3) is 0 Å². The molecule has 0 aromatic carbocycles. The van der Waals surface area contributed by atoms with Gasteiger partial charge in [-0.25, -0.2) is 0 Å². The summed E-state index contributed by atoms with van der Waals surface area (Å²) >= 11 is 1.22. The van der Waals surface area contributed by atoms with Crippen LogP contribution in [-0.4, -0.2) is 27.0 Å². The normalized spacial score (nSPS) is 10.2. The second kappa shape index (κ2) is 5.05. The first-order chi connectivity index (χ1) is 5.88. The second-order valence-electron chi connectivity index (χ2n) is 2.42. The van der Waals surface area contributed by atoms with Crippen molar-refractivity contribution in [1.82, 2.24) is 8.75 Å². The molecule has 1 rings (SSSR count). The molecule has 0 aliphatic rings. The lowest BCUT2D eigenvalue weighted by molar-refractivity contribution is 0.292. The van der Waals surface area contributed by atoms with Crippen molar-refractivity contribution in [1.29, 1.82) is 0 Å². The van der Waals surface area contributed by atoms with E-state index in [2.05, 4.69) is 14.1 Å². The maximum atomic E-state index is 8.55. The summed E-state index contributed by atoms with van der Waals surface area (Å²) in [6, 6.07) is 0. The Balaban J connectivity index is 2.39.